The highest BCUT2D eigenvalue weighted by Gasteiger charge is 2.25. The number of rotatable bonds is 5. The van der Waals surface area contributed by atoms with Crippen LogP contribution < -0.4 is 5.73 Å². The highest BCUT2D eigenvalue weighted by molar-refractivity contribution is 5.87. The molecule has 0 unspecified atom stereocenters. The molecule has 0 aliphatic rings. The molecular weight excluding hydrogens is 154 g/mol. The van der Waals surface area contributed by atoms with Crippen molar-refractivity contribution in [3.05, 3.63) is 12.2 Å². The van der Waals surface area contributed by atoms with Crippen LogP contribution in [0.1, 0.15) is 26.7 Å². The van der Waals surface area contributed by atoms with Crippen molar-refractivity contribution in [1.82, 2.24) is 0 Å². The van der Waals surface area contributed by atoms with Crippen molar-refractivity contribution in [2.75, 3.05) is 6.54 Å². The van der Waals surface area contributed by atoms with Gasteiger partial charge in [-0.1, -0.05) is 20.4 Å². The first-order valence-corrected chi connectivity index (χ1v) is 4.04. The highest BCUT2D eigenvalue weighted by Crippen LogP contribution is 2.30. The minimum absolute atomic E-state index is 0.260. The predicted molar refractivity (Wildman–Crippen MR) is 48.8 cm³/mol. The van der Waals surface area contributed by atoms with Crippen LogP contribution in [0.25, 0.3) is 0 Å². The number of carbonyl (C=O) groups is 1. The molecule has 0 heterocycles. The molecule has 3 nitrogen and oxygen atoms in total. The van der Waals surface area contributed by atoms with E-state index in [0.717, 1.165) is 12.8 Å². The summed E-state index contributed by atoms with van der Waals surface area (Å²) >= 11 is 0. The van der Waals surface area contributed by atoms with Gasteiger partial charge < -0.3 is 10.8 Å². The van der Waals surface area contributed by atoms with Crippen LogP contribution in [0.3, 0.4) is 0 Å². The Labute approximate surface area is 73.3 Å². The molecule has 0 amide bonds. The van der Waals surface area contributed by atoms with Gasteiger partial charge in [0.25, 0.3) is 0 Å². The first kappa shape index (κ1) is 11.2. The van der Waals surface area contributed by atoms with Crippen LogP contribution in [0.4, 0.5) is 0 Å². The fraction of sp³-hybridized carbons (Fsp3) is 0.667. The van der Waals surface area contributed by atoms with Gasteiger partial charge in [0.05, 0.1) is 0 Å². The van der Waals surface area contributed by atoms with E-state index < -0.39 is 5.97 Å². The van der Waals surface area contributed by atoms with Gasteiger partial charge in [0, 0.05) is 5.57 Å². The lowest BCUT2D eigenvalue weighted by Gasteiger charge is -2.24. The molecule has 0 radical (unpaired) electrons. The maximum Gasteiger partial charge on any atom is 0.331 e. The molecule has 70 valence electrons. The number of carboxylic acids is 1. The SMILES string of the molecule is C=C(C(=O)O)C(C)(C)CCCN. The van der Waals surface area contributed by atoms with Gasteiger partial charge in [-0.05, 0) is 24.8 Å². The van der Waals surface area contributed by atoms with Crippen LogP contribution in [-0.2, 0) is 4.79 Å². The van der Waals surface area contributed by atoms with Crippen LogP contribution >= 0.6 is 0 Å². The third kappa shape index (κ3) is 3.05. The van der Waals surface area contributed by atoms with Gasteiger partial charge in [0.1, 0.15) is 0 Å². The van der Waals surface area contributed by atoms with E-state index in [9.17, 15) is 4.79 Å². The normalized spacial score (nSPS) is 11.2. The standard InChI is InChI=1S/C9H17NO2/c1-7(8(11)12)9(2,3)5-4-6-10/h1,4-6,10H2,2-3H3,(H,11,12). The number of nitrogens with two attached hydrogens (primary N) is 1. The van der Waals surface area contributed by atoms with E-state index >= 15 is 0 Å². The molecule has 3 N–H and O–H groups in total. The molecule has 0 aromatic rings. The highest BCUT2D eigenvalue weighted by atomic mass is 16.4. The summed E-state index contributed by atoms with van der Waals surface area (Å²) in [6.45, 7) is 7.88. The van der Waals surface area contributed by atoms with Crippen molar-refractivity contribution < 1.29 is 9.90 Å². The Hall–Kier alpha value is -0.830. The van der Waals surface area contributed by atoms with Crippen molar-refractivity contribution in [2.24, 2.45) is 11.1 Å². The molecule has 0 aliphatic heterocycles. The van der Waals surface area contributed by atoms with Gasteiger partial charge >= 0.3 is 5.97 Å². The first-order valence-electron chi connectivity index (χ1n) is 4.04. The molecule has 0 bridgehead atoms. The Bertz CT molecular complexity index is 185. The van der Waals surface area contributed by atoms with E-state index in [4.69, 9.17) is 10.8 Å². The molecule has 0 spiro atoms. The zero-order valence-corrected chi connectivity index (χ0v) is 7.76. The van der Waals surface area contributed by atoms with E-state index in [2.05, 4.69) is 6.58 Å². The van der Waals surface area contributed by atoms with Crippen LogP contribution in [0.15, 0.2) is 12.2 Å². The largest absolute Gasteiger partial charge is 0.478 e. The Morgan fingerprint density at radius 1 is 1.58 bits per heavy atom. The Balaban J connectivity index is 4.19. The van der Waals surface area contributed by atoms with Crippen molar-refractivity contribution >= 4 is 5.97 Å². The van der Waals surface area contributed by atoms with E-state index in [0.29, 0.717) is 6.54 Å². The molecule has 0 fully saturated rings. The van der Waals surface area contributed by atoms with Crippen molar-refractivity contribution in [3.63, 3.8) is 0 Å². The lowest BCUT2D eigenvalue weighted by atomic mass is 9.81. The second kappa shape index (κ2) is 4.26. The third-order valence-electron chi connectivity index (χ3n) is 2.08. The second-order valence-corrected chi connectivity index (χ2v) is 3.56. The third-order valence-corrected chi connectivity index (χ3v) is 2.08. The van der Waals surface area contributed by atoms with Gasteiger partial charge in [-0.15, -0.1) is 0 Å². The quantitative estimate of drug-likeness (QED) is 0.614. The van der Waals surface area contributed by atoms with E-state index in [1.165, 1.54) is 0 Å². The molecule has 12 heavy (non-hydrogen) atoms. The van der Waals surface area contributed by atoms with Crippen LogP contribution in [0.5, 0.6) is 0 Å². The Morgan fingerprint density at radius 2 is 2.08 bits per heavy atom. The van der Waals surface area contributed by atoms with Gasteiger partial charge in [-0.25, -0.2) is 4.79 Å². The summed E-state index contributed by atoms with van der Waals surface area (Å²) in [5, 5.41) is 8.69. The van der Waals surface area contributed by atoms with Crippen molar-refractivity contribution in [2.45, 2.75) is 26.7 Å². The second-order valence-electron chi connectivity index (χ2n) is 3.56. The minimum atomic E-state index is -0.919. The average Bonchev–Trinajstić information content (AvgIpc) is 1.99. The smallest absolute Gasteiger partial charge is 0.331 e. The van der Waals surface area contributed by atoms with E-state index in [1.807, 2.05) is 13.8 Å². The predicted octanol–water partition coefficient (Wildman–Crippen LogP) is 1.39. The maximum atomic E-state index is 10.6. The number of hydrogen-bond donors (Lipinski definition) is 2. The lowest BCUT2D eigenvalue weighted by Crippen LogP contribution is -2.21. The van der Waals surface area contributed by atoms with Crippen molar-refractivity contribution in [3.8, 4) is 0 Å². The van der Waals surface area contributed by atoms with Crippen LogP contribution in [0, 0.1) is 5.41 Å². The Kier molecular flexibility index (Phi) is 3.96. The fourth-order valence-electron chi connectivity index (χ4n) is 0.984. The molecule has 0 saturated carbocycles. The van der Waals surface area contributed by atoms with Gasteiger partial charge in [0.2, 0.25) is 0 Å². The van der Waals surface area contributed by atoms with Gasteiger partial charge in [-0.2, -0.15) is 0 Å². The Morgan fingerprint density at radius 3 is 2.42 bits per heavy atom. The maximum absolute atomic E-state index is 10.6. The summed E-state index contributed by atoms with van der Waals surface area (Å²) in [4.78, 5) is 10.6. The molecular formula is C9H17NO2. The molecule has 0 saturated heterocycles. The fourth-order valence-corrected chi connectivity index (χ4v) is 0.984. The van der Waals surface area contributed by atoms with E-state index in [-0.39, 0.29) is 11.0 Å². The van der Waals surface area contributed by atoms with Gasteiger partial charge in [0.15, 0.2) is 0 Å². The summed E-state index contributed by atoms with van der Waals surface area (Å²) in [5.41, 5.74) is 5.25. The minimum Gasteiger partial charge on any atom is -0.478 e. The summed E-state index contributed by atoms with van der Waals surface area (Å²) in [6.07, 6.45) is 1.61. The molecule has 0 rings (SSSR count). The van der Waals surface area contributed by atoms with Gasteiger partial charge in [-0.3, -0.25) is 0 Å². The average molecular weight is 171 g/mol. The molecule has 3 heteroatoms. The first-order chi connectivity index (χ1) is 5.41. The number of aliphatic carboxylic acids is 1. The molecule has 0 aliphatic carbocycles. The number of hydrogen-bond acceptors (Lipinski definition) is 2. The summed E-state index contributed by atoms with van der Waals surface area (Å²) in [5.74, 6) is -0.919. The summed E-state index contributed by atoms with van der Waals surface area (Å²) in [6, 6.07) is 0. The molecule has 0 aromatic heterocycles. The van der Waals surface area contributed by atoms with Crippen molar-refractivity contribution in [1.29, 1.82) is 0 Å². The van der Waals surface area contributed by atoms with E-state index in [1.54, 1.807) is 0 Å². The number of carboxylic acid groups (broad SMARTS) is 1. The zero-order chi connectivity index (χ0) is 9.78. The zero-order valence-electron chi connectivity index (χ0n) is 7.76. The molecule has 0 atom stereocenters. The summed E-state index contributed by atoms with van der Waals surface area (Å²) < 4.78 is 0. The van der Waals surface area contributed by atoms with Crippen LogP contribution in [0.2, 0.25) is 0 Å². The monoisotopic (exact) mass is 171 g/mol. The lowest BCUT2D eigenvalue weighted by molar-refractivity contribution is -0.133. The molecule has 0 aromatic carbocycles. The summed E-state index contributed by atoms with van der Waals surface area (Å²) in [7, 11) is 0. The van der Waals surface area contributed by atoms with Crippen LogP contribution in [-0.4, -0.2) is 17.6 Å². The topological polar surface area (TPSA) is 63.3 Å².